The molecule has 2 aromatic rings. The van der Waals surface area contributed by atoms with E-state index >= 15 is 0 Å². The molecule has 0 spiro atoms. The zero-order valence-electron chi connectivity index (χ0n) is 14.6. The molecule has 0 aliphatic carbocycles. The lowest BCUT2D eigenvalue weighted by atomic mass is 10.2. The Morgan fingerprint density at radius 3 is 1.31 bits per heavy atom. The van der Waals surface area contributed by atoms with Crippen molar-refractivity contribution in [2.45, 2.75) is 0 Å². The summed E-state index contributed by atoms with van der Waals surface area (Å²) in [4.78, 5) is 0. The van der Waals surface area contributed by atoms with E-state index in [9.17, 15) is 0 Å². The van der Waals surface area contributed by atoms with Gasteiger partial charge in [-0.1, -0.05) is 0 Å². The van der Waals surface area contributed by atoms with E-state index in [1.165, 1.54) is 0 Å². The molecule has 8 nitrogen and oxygen atoms in total. The summed E-state index contributed by atoms with van der Waals surface area (Å²) in [7, 11) is 0. The molecule has 142 valence electrons. The Morgan fingerprint density at radius 1 is 0.538 bits per heavy atom. The first-order valence-electron chi connectivity index (χ1n) is 8.27. The molecule has 2 aromatic carbocycles. The maximum atomic E-state index is 5.80. The molecule has 0 fully saturated rings. The number of nitrogens with two attached hydrogens (primary N) is 4. The third-order valence-corrected chi connectivity index (χ3v) is 3.41. The molecular weight excluding hydrogens is 336 g/mol. The Balaban J connectivity index is 1.47. The minimum Gasteiger partial charge on any atom is -0.489 e. The molecule has 0 saturated heterocycles. The Morgan fingerprint density at radius 2 is 0.923 bits per heavy atom. The predicted octanol–water partition coefficient (Wildman–Crippen LogP) is 1.51. The van der Waals surface area contributed by atoms with Crippen LogP contribution in [0, 0.1) is 0 Å². The summed E-state index contributed by atoms with van der Waals surface area (Å²) in [5, 5.41) is 0. The van der Waals surface area contributed by atoms with Crippen LogP contribution in [0.1, 0.15) is 0 Å². The van der Waals surface area contributed by atoms with Crippen molar-refractivity contribution < 1.29 is 18.9 Å². The van der Waals surface area contributed by atoms with Crippen molar-refractivity contribution in [1.82, 2.24) is 0 Å². The number of hydrogen-bond donors (Lipinski definition) is 4. The molecule has 0 aliphatic rings. The highest BCUT2D eigenvalue weighted by atomic mass is 16.6. The third-order valence-electron chi connectivity index (χ3n) is 3.41. The number of hydrogen-bond acceptors (Lipinski definition) is 8. The minimum atomic E-state index is 0.396. The van der Waals surface area contributed by atoms with E-state index in [0.29, 0.717) is 73.9 Å². The van der Waals surface area contributed by atoms with Crippen LogP contribution < -0.4 is 32.4 Å². The van der Waals surface area contributed by atoms with E-state index in [-0.39, 0.29) is 0 Å². The molecule has 0 aliphatic heterocycles. The highest BCUT2D eigenvalue weighted by Gasteiger charge is 2.01. The van der Waals surface area contributed by atoms with Gasteiger partial charge >= 0.3 is 0 Å². The van der Waals surface area contributed by atoms with Gasteiger partial charge in [0.05, 0.1) is 37.8 Å². The number of ether oxygens (including phenoxy) is 4. The second-order valence-corrected chi connectivity index (χ2v) is 5.52. The lowest BCUT2D eigenvalue weighted by Gasteiger charge is -2.11. The van der Waals surface area contributed by atoms with E-state index < -0.39 is 0 Å². The molecule has 0 heterocycles. The molecule has 26 heavy (non-hydrogen) atoms. The number of nitrogen functional groups attached to an aromatic ring is 4. The summed E-state index contributed by atoms with van der Waals surface area (Å²) >= 11 is 0. The highest BCUT2D eigenvalue weighted by molar-refractivity contribution is 5.61. The smallest absolute Gasteiger partial charge is 0.142 e. The summed E-state index contributed by atoms with van der Waals surface area (Å²) < 4.78 is 21.9. The quantitative estimate of drug-likeness (QED) is 0.348. The van der Waals surface area contributed by atoms with Gasteiger partial charge in [0, 0.05) is 11.4 Å². The standard InChI is InChI=1S/C18H26N4O4/c19-13-1-3-17(15(21)11-13)25-9-7-23-5-6-24-8-10-26-18-4-2-14(20)12-16(18)22/h1-4,11-12H,5-10,19-22H2. The molecule has 8 N–H and O–H groups in total. The topological polar surface area (TPSA) is 141 Å². The van der Waals surface area contributed by atoms with Crippen LogP contribution in [0.25, 0.3) is 0 Å². The average molecular weight is 362 g/mol. The van der Waals surface area contributed by atoms with Gasteiger partial charge in [-0.2, -0.15) is 0 Å². The van der Waals surface area contributed by atoms with Gasteiger partial charge < -0.3 is 41.9 Å². The second-order valence-electron chi connectivity index (χ2n) is 5.52. The zero-order chi connectivity index (χ0) is 18.8. The molecular formula is C18H26N4O4. The van der Waals surface area contributed by atoms with Crippen LogP contribution in [-0.4, -0.2) is 39.6 Å². The van der Waals surface area contributed by atoms with Crippen LogP contribution in [0.2, 0.25) is 0 Å². The summed E-state index contributed by atoms with van der Waals surface area (Å²) in [5.74, 6) is 1.19. The van der Waals surface area contributed by atoms with Crippen molar-refractivity contribution in [2.24, 2.45) is 0 Å². The van der Waals surface area contributed by atoms with Crippen molar-refractivity contribution in [3.8, 4) is 11.5 Å². The first-order valence-corrected chi connectivity index (χ1v) is 8.27. The largest absolute Gasteiger partial charge is 0.489 e. The van der Waals surface area contributed by atoms with E-state index in [0.717, 1.165) is 0 Å². The fourth-order valence-corrected chi connectivity index (χ4v) is 2.14. The Bertz CT molecular complexity index is 637. The second kappa shape index (κ2) is 10.2. The van der Waals surface area contributed by atoms with E-state index in [4.69, 9.17) is 41.9 Å². The normalized spacial score (nSPS) is 10.6. The van der Waals surface area contributed by atoms with Crippen molar-refractivity contribution >= 4 is 22.7 Å². The summed E-state index contributed by atoms with van der Waals surface area (Å²) in [6.07, 6.45) is 0. The Labute approximate surface area is 152 Å². The Hall–Kier alpha value is -2.84. The summed E-state index contributed by atoms with van der Waals surface area (Å²) in [6, 6.07) is 10.3. The van der Waals surface area contributed by atoms with E-state index in [1.807, 2.05) is 0 Å². The molecule has 0 unspecified atom stereocenters. The monoisotopic (exact) mass is 362 g/mol. The van der Waals surface area contributed by atoms with Crippen LogP contribution in [0.5, 0.6) is 11.5 Å². The molecule has 0 amide bonds. The molecule has 0 aromatic heterocycles. The van der Waals surface area contributed by atoms with Crippen molar-refractivity contribution in [3.63, 3.8) is 0 Å². The molecule has 0 saturated carbocycles. The maximum Gasteiger partial charge on any atom is 0.142 e. The van der Waals surface area contributed by atoms with Crippen LogP contribution in [0.3, 0.4) is 0 Å². The van der Waals surface area contributed by atoms with Gasteiger partial charge in [-0.3, -0.25) is 0 Å². The van der Waals surface area contributed by atoms with E-state index in [2.05, 4.69) is 0 Å². The molecule has 2 rings (SSSR count). The summed E-state index contributed by atoms with van der Waals surface area (Å²) in [6.45, 7) is 2.59. The minimum absolute atomic E-state index is 0.396. The molecule has 0 radical (unpaired) electrons. The number of anilines is 4. The number of benzene rings is 2. The maximum absolute atomic E-state index is 5.80. The van der Waals surface area contributed by atoms with Gasteiger partial charge in [0.2, 0.25) is 0 Å². The molecule has 8 heteroatoms. The fourth-order valence-electron chi connectivity index (χ4n) is 2.14. The van der Waals surface area contributed by atoms with Crippen LogP contribution in [-0.2, 0) is 9.47 Å². The van der Waals surface area contributed by atoms with Gasteiger partial charge in [-0.15, -0.1) is 0 Å². The summed E-state index contributed by atoms with van der Waals surface area (Å²) in [5.41, 5.74) is 25.1. The average Bonchev–Trinajstić information content (AvgIpc) is 2.59. The van der Waals surface area contributed by atoms with Gasteiger partial charge in [-0.05, 0) is 36.4 Å². The fraction of sp³-hybridized carbons (Fsp3) is 0.333. The van der Waals surface area contributed by atoms with Crippen LogP contribution >= 0.6 is 0 Å². The SMILES string of the molecule is Nc1ccc(OCCOCCOCCOc2ccc(N)cc2N)c(N)c1. The van der Waals surface area contributed by atoms with Gasteiger partial charge in [0.25, 0.3) is 0 Å². The van der Waals surface area contributed by atoms with Crippen molar-refractivity contribution in [1.29, 1.82) is 0 Å². The lowest BCUT2D eigenvalue weighted by Crippen LogP contribution is -2.14. The predicted molar refractivity (Wildman–Crippen MR) is 103 cm³/mol. The van der Waals surface area contributed by atoms with Crippen molar-refractivity contribution in [2.75, 3.05) is 62.6 Å². The van der Waals surface area contributed by atoms with Crippen LogP contribution in [0.15, 0.2) is 36.4 Å². The number of rotatable bonds is 11. The highest BCUT2D eigenvalue weighted by Crippen LogP contribution is 2.24. The zero-order valence-corrected chi connectivity index (χ0v) is 14.6. The first kappa shape index (κ1) is 19.5. The lowest BCUT2D eigenvalue weighted by molar-refractivity contribution is 0.0275. The Kier molecular flexibility index (Phi) is 7.66. The first-order chi connectivity index (χ1) is 12.6. The third kappa shape index (κ3) is 6.58. The van der Waals surface area contributed by atoms with Gasteiger partial charge in [0.1, 0.15) is 24.7 Å². The van der Waals surface area contributed by atoms with E-state index in [1.54, 1.807) is 36.4 Å². The molecule has 0 bridgehead atoms. The molecule has 0 atom stereocenters. The van der Waals surface area contributed by atoms with Gasteiger partial charge in [-0.25, -0.2) is 0 Å². The van der Waals surface area contributed by atoms with Crippen LogP contribution in [0.4, 0.5) is 22.7 Å². The van der Waals surface area contributed by atoms with Gasteiger partial charge in [0.15, 0.2) is 0 Å². The van der Waals surface area contributed by atoms with Crippen molar-refractivity contribution in [3.05, 3.63) is 36.4 Å².